The molecule has 0 aromatic carbocycles. The van der Waals surface area contributed by atoms with E-state index in [4.69, 9.17) is 0 Å². The third-order valence-electron chi connectivity index (χ3n) is 4.23. The smallest absolute Gasteiger partial charge is 0.274 e. The first-order valence-corrected chi connectivity index (χ1v) is 8.84. The van der Waals surface area contributed by atoms with E-state index in [1.165, 1.54) is 0 Å². The molecule has 7 heteroatoms. The molecule has 2 aliphatic rings. The normalized spacial score (nSPS) is 25.2. The van der Waals surface area contributed by atoms with Gasteiger partial charge in [-0.25, -0.2) is 8.42 Å². The summed E-state index contributed by atoms with van der Waals surface area (Å²) in [5, 5.41) is 7.15. The molecule has 20 heavy (non-hydrogen) atoms. The number of H-pyrrole nitrogens is 1. The molecule has 1 amide bonds. The van der Waals surface area contributed by atoms with E-state index in [1.54, 1.807) is 4.90 Å². The third kappa shape index (κ3) is 2.46. The lowest BCUT2D eigenvalue weighted by molar-refractivity contribution is 0.0763. The Labute approximate surface area is 118 Å². The van der Waals surface area contributed by atoms with Crippen LogP contribution in [0.5, 0.6) is 0 Å². The van der Waals surface area contributed by atoms with Crippen LogP contribution in [0.4, 0.5) is 0 Å². The van der Waals surface area contributed by atoms with Crippen molar-refractivity contribution in [3.63, 3.8) is 0 Å². The molecule has 0 spiro atoms. The number of amides is 1. The molecule has 1 fully saturated rings. The molecule has 0 bridgehead atoms. The summed E-state index contributed by atoms with van der Waals surface area (Å²) in [5.74, 6) is 0.545. The number of hydrogen-bond donors (Lipinski definition) is 1. The van der Waals surface area contributed by atoms with Gasteiger partial charge in [-0.2, -0.15) is 5.10 Å². The molecule has 1 saturated heterocycles. The lowest BCUT2D eigenvalue weighted by atomic mass is 9.87. The number of nitrogens with zero attached hydrogens (tertiary/aromatic N) is 2. The molecule has 1 aliphatic heterocycles. The summed E-state index contributed by atoms with van der Waals surface area (Å²) >= 11 is 0. The van der Waals surface area contributed by atoms with Crippen molar-refractivity contribution in [3.8, 4) is 0 Å². The molecule has 0 radical (unpaired) electrons. The highest BCUT2D eigenvalue weighted by Crippen LogP contribution is 2.27. The van der Waals surface area contributed by atoms with Crippen LogP contribution in [0.1, 0.15) is 35.1 Å². The van der Waals surface area contributed by atoms with Crippen molar-refractivity contribution in [1.29, 1.82) is 0 Å². The van der Waals surface area contributed by atoms with Crippen molar-refractivity contribution >= 4 is 15.7 Å². The van der Waals surface area contributed by atoms with E-state index in [2.05, 4.69) is 17.1 Å². The van der Waals surface area contributed by atoms with Gasteiger partial charge in [0.1, 0.15) is 0 Å². The number of aromatic nitrogens is 2. The molecular weight excluding hydrogens is 278 g/mol. The van der Waals surface area contributed by atoms with E-state index >= 15 is 0 Å². The summed E-state index contributed by atoms with van der Waals surface area (Å²) in [6.45, 7) is 2.73. The van der Waals surface area contributed by atoms with Gasteiger partial charge in [0.05, 0.1) is 11.5 Å². The second kappa shape index (κ2) is 4.87. The Hall–Kier alpha value is -1.37. The Morgan fingerprint density at radius 3 is 2.75 bits per heavy atom. The minimum absolute atomic E-state index is 0.0573. The van der Waals surface area contributed by atoms with Crippen LogP contribution in [0.2, 0.25) is 0 Å². The number of aromatic amines is 1. The van der Waals surface area contributed by atoms with Crippen LogP contribution in [0.3, 0.4) is 0 Å². The third-order valence-corrected chi connectivity index (χ3v) is 5.84. The topological polar surface area (TPSA) is 83.1 Å². The summed E-state index contributed by atoms with van der Waals surface area (Å²) in [4.78, 5) is 14.1. The molecule has 0 unspecified atom stereocenters. The van der Waals surface area contributed by atoms with Gasteiger partial charge in [-0.15, -0.1) is 0 Å². The fourth-order valence-electron chi connectivity index (χ4n) is 2.91. The maximum Gasteiger partial charge on any atom is 0.274 e. The largest absolute Gasteiger partial charge is 0.335 e. The summed E-state index contributed by atoms with van der Waals surface area (Å²) < 4.78 is 22.8. The number of fused-ring (bicyclic) bond motifs is 1. The first-order valence-electron chi connectivity index (χ1n) is 7.02. The van der Waals surface area contributed by atoms with E-state index < -0.39 is 9.84 Å². The molecule has 3 rings (SSSR count). The van der Waals surface area contributed by atoms with Gasteiger partial charge in [-0.3, -0.25) is 9.89 Å². The number of carbonyl (C=O) groups excluding carboxylic acids is 1. The zero-order chi connectivity index (χ0) is 14.3. The Morgan fingerprint density at radius 1 is 1.35 bits per heavy atom. The highest BCUT2D eigenvalue weighted by Gasteiger charge is 2.30. The SMILES string of the molecule is C[C@@H]1CCc2[nH]nc(C(=O)N3CCS(=O)(=O)CC3)c2C1. The first kappa shape index (κ1) is 13.6. The van der Waals surface area contributed by atoms with Gasteiger partial charge in [0.15, 0.2) is 15.5 Å². The molecule has 1 aromatic rings. The maximum atomic E-state index is 12.5. The van der Waals surface area contributed by atoms with Gasteiger partial charge in [-0.1, -0.05) is 6.92 Å². The fourth-order valence-corrected chi connectivity index (χ4v) is 4.11. The molecule has 2 heterocycles. The Kier molecular flexibility index (Phi) is 3.32. The van der Waals surface area contributed by atoms with Crippen molar-refractivity contribution in [2.45, 2.75) is 26.2 Å². The first-order chi connectivity index (χ1) is 9.46. The minimum atomic E-state index is -2.97. The zero-order valence-corrected chi connectivity index (χ0v) is 12.4. The molecule has 1 N–H and O–H groups in total. The summed E-state index contributed by atoms with van der Waals surface area (Å²) in [6, 6.07) is 0. The van der Waals surface area contributed by atoms with E-state index in [9.17, 15) is 13.2 Å². The maximum absolute atomic E-state index is 12.5. The highest BCUT2D eigenvalue weighted by atomic mass is 32.2. The summed E-state index contributed by atoms with van der Waals surface area (Å²) in [6.07, 6.45) is 2.93. The van der Waals surface area contributed by atoms with Gasteiger partial charge >= 0.3 is 0 Å². The molecular formula is C13H19N3O3S. The fraction of sp³-hybridized carbons (Fsp3) is 0.692. The Bertz CT molecular complexity index is 621. The highest BCUT2D eigenvalue weighted by molar-refractivity contribution is 7.91. The van der Waals surface area contributed by atoms with E-state index in [0.717, 1.165) is 30.5 Å². The van der Waals surface area contributed by atoms with Crippen LogP contribution in [0, 0.1) is 5.92 Å². The van der Waals surface area contributed by atoms with Crippen LogP contribution < -0.4 is 0 Å². The van der Waals surface area contributed by atoms with Crippen LogP contribution in [-0.4, -0.2) is 54.0 Å². The van der Waals surface area contributed by atoms with Crippen LogP contribution in [-0.2, 0) is 22.7 Å². The van der Waals surface area contributed by atoms with Gasteiger partial charge in [0.25, 0.3) is 5.91 Å². The van der Waals surface area contributed by atoms with Crippen molar-refractivity contribution < 1.29 is 13.2 Å². The number of aryl methyl sites for hydroxylation is 1. The molecule has 1 aromatic heterocycles. The van der Waals surface area contributed by atoms with E-state index in [-0.39, 0.29) is 30.5 Å². The second-order valence-corrected chi connectivity index (χ2v) is 8.12. The predicted octanol–water partition coefficient (Wildman–Crippen LogP) is 0.405. The average Bonchev–Trinajstić information content (AvgIpc) is 2.81. The molecule has 6 nitrogen and oxygen atoms in total. The quantitative estimate of drug-likeness (QED) is 0.813. The van der Waals surface area contributed by atoms with Crippen molar-refractivity contribution in [1.82, 2.24) is 15.1 Å². The van der Waals surface area contributed by atoms with Crippen LogP contribution in [0.25, 0.3) is 0 Å². The standard InChI is InChI=1S/C13H19N3O3S/c1-9-2-3-11-10(8-9)12(15-14-11)13(17)16-4-6-20(18,19)7-5-16/h9H,2-8H2,1H3,(H,14,15)/t9-/m1/s1. The van der Waals surface area contributed by atoms with E-state index in [1.807, 2.05) is 0 Å². The number of sulfone groups is 1. The number of rotatable bonds is 1. The summed E-state index contributed by atoms with van der Waals surface area (Å²) in [5.41, 5.74) is 2.59. The van der Waals surface area contributed by atoms with Gasteiger partial charge in [0.2, 0.25) is 0 Å². The zero-order valence-electron chi connectivity index (χ0n) is 11.6. The van der Waals surface area contributed by atoms with Gasteiger partial charge < -0.3 is 4.90 Å². The van der Waals surface area contributed by atoms with Crippen LogP contribution >= 0.6 is 0 Å². The minimum Gasteiger partial charge on any atom is -0.335 e. The Morgan fingerprint density at radius 2 is 2.05 bits per heavy atom. The lowest BCUT2D eigenvalue weighted by Crippen LogP contribution is -2.44. The number of hydrogen-bond acceptors (Lipinski definition) is 4. The van der Waals surface area contributed by atoms with Gasteiger partial charge in [0, 0.05) is 24.3 Å². The number of nitrogens with one attached hydrogen (secondary N) is 1. The molecule has 110 valence electrons. The van der Waals surface area contributed by atoms with Crippen molar-refractivity contribution in [3.05, 3.63) is 17.0 Å². The van der Waals surface area contributed by atoms with Crippen LogP contribution in [0.15, 0.2) is 0 Å². The average molecular weight is 297 g/mol. The summed E-state index contributed by atoms with van der Waals surface area (Å²) in [7, 11) is -2.97. The number of carbonyl (C=O) groups is 1. The predicted molar refractivity (Wildman–Crippen MR) is 74.3 cm³/mol. The van der Waals surface area contributed by atoms with Crippen molar-refractivity contribution in [2.24, 2.45) is 5.92 Å². The molecule has 1 aliphatic carbocycles. The van der Waals surface area contributed by atoms with Gasteiger partial charge in [-0.05, 0) is 25.2 Å². The Balaban J connectivity index is 1.80. The van der Waals surface area contributed by atoms with E-state index in [0.29, 0.717) is 11.6 Å². The monoisotopic (exact) mass is 297 g/mol. The van der Waals surface area contributed by atoms with Crippen molar-refractivity contribution in [2.75, 3.05) is 24.6 Å². The second-order valence-electron chi connectivity index (χ2n) is 5.82. The lowest BCUT2D eigenvalue weighted by Gasteiger charge is -2.27. The molecule has 0 saturated carbocycles. The molecule has 1 atom stereocenters.